The van der Waals surface area contributed by atoms with Crippen molar-refractivity contribution in [2.24, 2.45) is 5.92 Å². The minimum absolute atomic E-state index is 0.0414. The summed E-state index contributed by atoms with van der Waals surface area (Å²) in [7, 11) is 0. The Bertz CT molecular complexity index is 1130. The summed E-state index contributed by atoms with van der Waals surface area (Å²) >= 11 is 6.56. The van der Waals surface area contributed by atoms with Gasteiger partial charge in [0.2, 0.25) is 0 Å². The van der Waals surface area contributed by atoms with E-state index < -0.39 is 5.97 Å². The number of hydrogen-bond donors (Lipinski definition) is 1. The molecule has 1 amide bonds. The first-order valence-corrected chi connectivity index (χ1v) is 12.8. The number of pyridine rings is 1. The number of thioether (sulfide) groups is 1. The predicted octanol–water partition coefficient (Wildman–Crippen LogP) is 3.74. The van der Waals surface area contributed by atoms with E-state index in [0.29, 0.717) is 39.2 Å². The first-order valence-electron chi connectivity index (χ1n) is 11.6. The van der Waals surface area contributed by atoms with Crippen LogP contribution in [0.5, 0.6) is 0 Å². The molecule has 0 bridgehead atoms. The average molecular weight is 503 g/mol. The van der Waals surface area contributed by atoms with Crippen LogP contribution in [0.1, 0.15) is 62.6 Å². The number of thiocarbonyl (C=S) groups is 1. The molecule has 2 aliphatic rings. The summed E-state index contributed by atoms with van der Waals surface area (Å²) in [6.45, 7) is 8.28. The number of nitrogens with zero attached hydrogens (tertiary/aromatic N) is 4. The van der Waals surface area contributed by atoms with Gasteiger partial charge in [-0.1, -0.05) is 37.8 Å². The van der Waals surface area contributed by atoms with Crippen LogP contribution in [0.15, 0.2) is 9.70 Å². The Hall–Kier alpha value is -2.64. The van der Waals surface area contributed by atoms with Gasteiger partial charge in [-0.25, -0.2) is 0 Å². The summed E-state index contributed by atoms with van der Waals surface area (Å²) in [6, 6.07) is 2.07. The van der Waals surface area contributed by atoms with Crippen molar-refractivity contribution in [1.29, 1.82) is 5.26 Å². The van der Waals surface area contributed by atoms with E-state index in [2.05, 4.69) is 17.9 Å². The molecule has 2 saturated heterocycles. The van der Waals surface area contributed by atoms with Crippen molar-refractivity contribution in [3.63, 3.8) is 0 Å². The molecule has 0 aliphatic carbocycles. The molecule has 0 radical (unpaired) electrons. The summed E-state index contributed by atoms with van der Waals surface area (Å²) in [4.78, 5) is 41.2. The fourth-order valence-corrected chi connectivity index (χ4v) is 5.64. The van der Waals surface area contributed by atoms with E-state index in [1.165, 1.54) is 16.7 Å². The van der Waals surface area contributed by atoms with Crippen molar-refractivity contribution in [1.82, 2.24) is 9.47 Å². The number of carbonyl (C=O) groups is 2. The van der Waals surface area contributed by atoms with Gasteiger partial charge in [-0.05, 0) is 50.2 Å². The van der Waals surface area contributed by atoms with Gasteiger partial charge < -0.3 is 10.0 Å². The molecule has 1 aromatic rings. The van der Waals surface area contributed by atoms with E-state index >= 15 is 0 Å². The van der Waals surface area contributed by atoms with Gasteiger partial charge in [0, 0.05) is 38.2 Å². The van der Waals surface area contributed by atoms with E-state index in [9.17, 15) is 19.6 Å². The summed E-state index contributed by atoms with van der Waals surface area (Å²) in [6.07, 6.45) is 4.77. The third kappa shape index (κ3) is 5.36. The SMILES string of the molecule is CCCn1c(N2CCC(C)CC2)c(C=C2SC(=S)N(CCCC(=O)O)C2=O)c(C)c(C#N)c1=O. The van der Waals surface area contributed by atoms with Gasteiger partial charge in [0.05, 0.1) is 4.91 Å². The molecule has 0 aromatic carbocycles. The van der Waals surface area contributed by atoms with Gasteiger partial charge in [-0.15, -0.1) is 0 Å². The molecule has 0 saturated carbocycles. The minimum Gasteiger partial charge on any atom is -0.481 e. The Labute approximate surface area is 209 Å². The second-order valence-corrected chi connectivity index (χ2v) is 10.5. The summed E-state index contributed by atoms with van der Waals surface area (Å²) in [5.41, 5.74) is 1.05. The third-order valence-electron chi connectivity index (χ3n) is 6.30. The lowest BCUT2D eigenvalue weighted by Gasteiger charge is -2.35. The van der Waals surface area contributed by atoms with Crippen molar-refractivity contribution in [3.8, 4) is 6.07 Å². The molecule has 3 rings (SSSR count). The Morgan fingerprint density at radius 3 is 2.56 bits per heavy atom. The van der Waals surface area contributed by atoms with Gasteiger partial charge in [0.15, 0.2) is 0 Å². The first kappa shape index (κ1) is 26.0. The van der Waals surface area contributed by atoms with Crippen molar-refractivity contribution in [2.45, 2.75) is 59.4 Å². The first-order chi connectivity index (χ1) is 16.2. The monoisotopic (exact) mass is 502 g/mol. The number of piperidine rings is 1. The van der Waals surface area contributed by atoms with Gasteiger partial charge in [-0.3, -0.25) is 23.9 Å². The molecule has 1 aromatic heterocycles. The van der Waals surface area contributed by atoms with Crippen molar-refractivity contribution >= 4 is 52.1 Å². The molecule has 0 unspecified atom stereocenters. The molecule has 1 N–H and O–H groups in total. The van der Waals surface area contributed by atoms with E-state index in [1.807, 2.05) is 6.92 Å². The molecule has 10 heteroatoms. The topological polar surface area (TPSA) is 107 Å². The molecular formula is C24H30N4O4S2. The van der Waals surface area contributed by atoms with Crippen molar-refractivity contribution in [2.75, 3.05) is 24.5 Å². The average Bonchev–Trinajstić information content (AvgIpc) is 3.05. The largest absolute Gasteiger partial charge is 0.481 e. The summed E-state index contributed by atoms with van der Waals surface area (Å²) in [5.74, 6) is 0.169. The molecule has 8 nitrogen and oxygen atoms in total. The molecule has 3 heterocycles. The van der Waals surface area contributed by atoms with Crippen molar-refractivity contribution in [3.05, 3.63) is 31.9 Å². The highest BCUT2D eigenvalue weighted by atomic mass is 32.2. The summed E-state index contributed by atoms with van der Waals surface area (Å²) in [5, 5.41) is 18.6. The standard InChI is InChI=1S/C24H30N4O4S2/c1-4-9-27-21(26-11-7-15(2)8-12-26)17(16(3)18(14-25)22(27)31)13-19-23(32)28(24(33)34-19)10-5-6-20(29)30/h13,15H,4-12H2,1-3H3,(H,29,30). The Kier molecular flexibility index (Phi) is 8.55. The number of nitriles is 1. The molecular weight excluding hydrogens is 472 g/mol. The maximum absolute atomic E-state index is 13.2. The summed E-state index contributed by atoms with van der Waals surface area (Å²) < 4.78 is 2.07. The molecule has 34 heavy (non-hydrogen) atoms. The number of aliphatic carboxylic acids is 1. The van der Waals surface area contributed by atoms with Crippen LogP contribution in [-0.2, 0) is 16.1 Å². The minimum atomic E-state index is -0.917. The fourth-order valence-electron chi connectivity index (χ4n) is 4.35. The van der Waals surface area contributed by atoms with Crippen LogP contribution in [0.25, 0.3) is 6.08 Å². The quantitative estimate of drug-likeness (QED) is 0.423. The number of amides is 1. The Morgan fingerprint density at radius 2 is 1.97 bits per heavy atom. The molecule has 0 atom stereocenters. The predicted molar refractivity (Wildman–Crippen MR) is 138 cm³/mol. The van der Waals surface area contributed by atoms with E-state index in [4.69, 9.17) is 17.3 Å². The normalized spacial score (nSPS) is 18.1. The van der Waals surface area contributed by atoms with Crippen LogP contribution >= 0.6 is 24.0 Å². The van der Waals surface area contributed by atoms with Gasteiger partial charge in [-0.2, -0.15) is 5.26 Å². The number of rotatable bonds is 8. The smallest absolute Gasteiger partial charge is 0.303 e. The van der Waals surface area contributed by atoms with Crippen LogP contribution < -0.4 is 10.5 Å². The zero-order valence-corrected chi connectivity index (χ0v) is 21.4. The second-order valence-electron chi connectivity index (χ2n) is 8.81. The zero-order chi connectivity index (χ0) is 25.0. The highest BCUT2D eigenvalue weighted by Crippen LogP contribution is 2.36. The van der Waals surface area contributed by atoms with Gasteiger partial charge in [0.25, 0.3) is 11.5 Å². The Balaban J connectivity index is 2.10. The molecule has 182 valence electrons. The number of carboxylic acid groups (broad SMARTS) is 1. The highest BCUT2D eigenvalue weighted by Gasteiger charge is 2.33. The van der Waals surface area contributed by atoms with Crippen LogP contribution in [0.3, 0.4) is 0 Å². The third-order valence-corrected chi connectivity index (χ3v) is 7.68. The van der Waals surface area contributed by atoms with Crippen LogP contribution in [0.2, 0.25) is 0 Å². The second kappa shape index (κ2) is 11.2. The maximum atomic E-state index is 13.2. The van der Waals surface area contributed by atoms with E-state index in [0.717, 1.165) is 38.2 Å². The lowest BCUT2D eigenvalue weighted by Crippen LogP contribution is -2.39. The van der Waals surface area contributed by atoms with E-state index in [1.54, 1.807) is 17.6 Å². The molecule has 2 aliphatic heterocycles. The number of hydrogen-bond acceptors (Lipinski definition) is 7. The zero-order valence-electron chi connectivity index (χ0n) is 19.8. The Morgan fingerprint density at radius 1 is 1.29 bits per heavy atom. The molecule has 2 fully saturated rings. The van der Waals surface area contributed by atoms with Crippen LogP contribution in [0, 0.1) is 24.2 Å². The van der Waals surface area contributed by atoms with E-state index in [-0.39, 0.29) is 30.0 Å². The number of aromatic nitrogens is 1. The lowest BCUT2D eigenvalue weighted by atomic mass is 9.97. The lowest BCUT2D eigenvalue weighted by molar-refractivity contribution is -0.137. The number of carbonyl (C=O) groups excluding carboxylic acids is 1. The van der Waals surface area contributed by atoms with Crippen LogP contribution in [0.4, 0.5) is 5.82 Å². The van der Waals surface area contributed by atoms with Gasteiger partial charge >= 0.3 is 5.97 Å². The number of carboxylic acids is 1. The molecule has 0 spiro atoms. The highest BCUT2D eigenvalue weighted by molar-refractivity contribution is 8.26. The fraction of sp³-hybridized carbons (Fsp3) is 0.542. The number of anilines is 1. The van der Waals surface area contributed by atoms with Crippen molar-refractivity contribution < 1.29 is 14.7 Å². The van der Waals surface area contributed by atoms with Crippen LogP contribution in [-0.4, -0.2) is 50.4 Å². The van der Waals surface area contributed by atoms with Gasteiger partial charge in [0.1, 0.15) is 21.8 Å². The maximum Gasteiger partial charge on any atom is 0.303 e.